The summed E-state index contributed by atoms with van der Waals surface area (Å²) in [5.74, 6) is 0.929. The van der Waals surface area contributed by atoms with Crippen molar-refractivity contribution in [2.24, 2.45) is 0 Å². The van der Waals surface area contributed by atoms with Gasteiger partial charge in [0.05, 0.1) is 6.61 Å². The zero-order chi connectivity index (χ0) is 15.1. The normalized spacial score (nSPS) is 10.8. The van der Waals surface area contributed by atoms with Crippen molar-refractivity contribution in [3.8, 4) is 5.75 Å². The highest BCUT2D eigenvalue weighted by molar-refractivity contribution is 5.47. The molecule has 2 aromatic rings. The molecule has 0 aliphatic carbocycles. The number of hydrogen-bond donors (Lipinski definition) is 1. The van der Waals surface area contributed by atoms with Crippen LogP contribution >= 0.6 is 0 Å². The van der Waals surface area contributed by atoms with Crippen molar-refractivity contribution in [2.45, 2.75) is 26.9 Å². The van der Waals surface area contributed by atoms with Crippen molar-refractivity contribution < 1.29 is 4.74 Å². The quantitative estimate of drug-likeness (QED) is 0.788. The van der Waals surface area contributed by atoms with Crippen LogP contribution in [0.4, 0.5) is 5.69 Å². The van der Waals surface area contributed by atoms with Gasteiger partial charge in [0.25, 0.3) is 0 Å². The first-order chi connectivity index (χ1) is 10.2. The second-order valence-electron chi connectivity index (χ2n) is 5.09. The molecule has 0 atom stereocenters. The minimum absolute atomic E-state index is 0.668. The van der Waals surface area contributed by atoms with Crippen molar-refractivity contribution >= 4 is 5.69 Å². The maximum atomic E-state index is 5.92. The molecule has 0 fully saturated rings. The van der Waals surface area contributed by atoms with Crippen LogP contribution in [0, 0.1) is 0 Å². The minimum Gasteiger partial charge on any atom is -0.494 e. The van der Waals surface area contributed by atoms with Gasteiger partial charge in [-0.2, -0.15) is 0 Å². The highest BCUT2D eigenvalue weighted by Crippen LogP contribution is 2.23. The number of ether oxygens (including phenoxy) is 1. The fraction of sp³-hybridized carbons (Fsp3) is 0.333. The van der Waals surface area contributed by atoms with Crippen LogP contribution in [-0.4, -0.2) is 18.1 Å². The van der Waals surface area contributed by atoms with E-state index in [1.54, 1.807) is 0 Å². The average Bonchev–Trinajstić information content (AvgIpc) is 2.50. The third-order valence-corrected chi connectivity index (χ3v) is 3.47. The van der Waals surface area contributed by atoms with Crippen LogP contribution in [0.15, 0.2) is 48.5 Å². The Morgan fingerprint density at radius 3 is 2.43 bits per heavy atom. The van der Waals surface area contributed by atoms with E-state index < -0.39 is 0 Å². The first-order valence-electron chi connectivity index (χ1n) is 7.50. The number of rotatable bonds is 7. The van der Waals surface area contributed by atoms with Crippen LogP contribution in [0.3, 0.4) is 0 Å². The molecule has 0 saturated heterocycles. The summed E-state index contributed by atoms with van der Waals surface area (Å²) < 4.78 is 5.71. The molecule has 112 valence electrons. The number of hydrogen-bond acceptors (Lipinski definition) is 3. The van der Waals surface area contributed by atoms with Crippen molar-refractivity contribution in [1.82, 2.24) is 4.90 Å². The van der Waals surface area contributed by atoms with Crippen molar-refractivity contribution in [1.29, 1.82) is 0 Å². The second kappa shape index (κ2) is 7.70. The molecular weight excluding hydrogens is 260 g/mol. The predicted octanol–water partition coefficient (Wildman–Crippen LogP) is 3.69. The van der Waals surface area contributed by atoms with Crippen molar-refractivity contribution in [3.63, 3.8) is 0 Å². The van der Waals surface area contributed by atoms with E-state index in [0.29, 0.717) is 6.61 Å². The SMILES string of the molecule is CCOc1ccc(N)cc1CN(CC)Cc1ccccc1. The Labute approximate surface area is 127 Å². The summed E-state index contributed by atoms with van der Waals surface area (Å²) in [6.45, 7) is 7.59. The fourth-order valence-corrected chi connectivity index (χ4v) is 2.38. The van der Waals surface area contributed by atoms with Gasteiger partial charge in [-0.1, -0.05) is 37.3 Å². The third kappa shape index (κ3) is 4.50. The van der Waals surface area contributed by atoms with E-state index in [2.05, 4.69) is 36.1 Å². The van der Waals surface area contributed by atoms with E-state index in [-0.39, 0.29) is 0 Å². The first kappa shape index (κ1) is 15.4. The highest BCUT2D eigenvalue weighted by Gasteiger charge is 2.10. The fourth-order valence-electron chi connectivity index (χ4n) is 2.38. The van der Waals surface area contributed by atoms with Crippen LogP contribution in [0.5, 0.6) is 5.75 Å². The predicted molar refractivity (Wildman–Crippen MR) is 88.3 cm³/mol. The summed E-state index contributed by atoms with van der Waals surface area (Å²) >= 11 is 0. The molecule has 0 amide bonds. The monoisotopic (exact) mass is 284 g/mol. The first-order valence-corrected chi connectivity index (χ1v) is 7.50. The van der Waals surface area contributed by atoms with Gasteiger partial charge in [0.2, 0.25) is 0 Å². The molecule has 0 bridgehead atoms. The standard InChI is InChI=1S/C18H24N2O/c1-3-20(13-15-8-6-5-7-9-15)14-16-12-17(19)10-11-18(16)21-4-2/h5-12H,3-4,13-14,19H2,1-2H3. The Hall–Kier alpha value is -2.00. The topological polar surface area (TPSA) is 38.5 Å². The second-order valence-corrected chi connectivity index (χ2v) is 5.09. The van der Waals surface area contributed by atoms with Gasteiger partial charge in [-0.15, -0.1) is 0 Å². The highest BCUT2D eigenvalue weighted by atomic mass is 16.5. The molecule has 0 aliphatic rings. The molecule has 0 radical (unpaired) electrons. The lowest BCUT2D eigenvalue weighted by Gasteiger charge is -2.22. The molecule has 0 spiro atoms. The van der Waals surface area contributed by atoms with E-state index >= 15 is 0 Å². The van der Waals surface area contributed by atoms with Crippen molar-refractivity contribution in [3.05, 3.63) is 59.7 Å². The molecule has 0 aromatic heterocycles. The molecule has 3 heteroatoms. The van der Waals surface area contributed by atoms with Crippen LogP contribution in [0.2, 0.25) is 0 Å². The molecule has 2 N–H and O–H groups in total. The molecule has 3 nitrogen and oxygen atoms in total. The van der Waals surface area contributed by atoms with Gasteiger partial charge in [-0.05, 0) is 37.2 Å². The van der Waals surface area contributed by atoms with Crippen LogP contribution in [0.25, 0.3) is 0 Å². The van der Waals surface area contributed by atoms with Gasteiger partial charge in [-0.25, -0.2) is 0 Å². The van der Waals surface area contributed by atoms with Gasteiger partial charge >= 0.3 is 0 Å². The van der Waals surface area contributed by atoms with Crippen LogP contribution < -0.4 is 10.5 Å². The van der Waals surface area contributed by atoms with E-state index in [0.717, 1.165) is 36.6 Å². The van der Waals surface area contributed by atoms with Crippen LogP contribution in [0.1, 0.15) is 25.0 Å². The Kier molecular flexibility index (Phi) is 5.64. The number of nitrogen functional groups attached to an aromatic ring is 1. The van der Waals surface area contributed by atoms with Gasteiger partial charge in [0.15, 0.2) is 0 Å². The smallest absolute Gasteiger partial charge is 0.123 e. The molecule has 0 saturated carbocycles. The molecule has 0 heterocycles. The van der Waals surface area contributed by atoms with Crippen molar-refractivity contribution in [2.75, 3.05) is 18.9 Å². The molecule has 2 aromatic carbocycles. The third-order valence-electron chi connectivity index (χ3n) is 3.47. The maximum Gasteiger partial charge on any atom is 0.123 e. The minimum atomic E-state index is 0.668. The van der Waals surface area contributed by atoms with E-state index in [1.807, 2.05) is 31.2 Å². The molecule has 21 heavy (non-hydrogen) atoms. The van der Waals surface area contributed by atoms with Gasteiger partial charge in [0, 0.05) is 24.3 Å². The maximum absolute atomic E-state index is 5.92. The lowest BCUT2D eigenvalue weighted by Crippen LogP contribution is -2.22. The van der Waals surface area contributed by atoms with E-state index in [4.69, 9.17) is 10.5 Å². The summed E-state index contributed by atoms with van der Waals surface area (Å²) in [6.07, 6.45) is 0. The number of anilines is 1. The van der Waals surface area contributed by atoms with Gasteiger partial charge < -0.3 is 10.5 Å². The largest absolute Gasteiger partial charge is 0.494 e. The Morgan fingerprint density at radius 2 is 1.76 bits per heavy atom. The average molecular weight is 284 g/mol. The number of nitrogens with zero attached hydrogens (tertiary/aromatic N) is 1. The summed E-state index contributed by atoms with van der Waals surface area (Å²) in [6, 6.07) is 16.4. The van der Waals surface area contributed by atoms with Crippen LogP contribution in [-0.2, 0) is 13.1 Å². The Bertz CT molecular complexity index is 554. The number of benzene rings is 2. The zero-order valence-corrected chi connectivity index (χ0v) is 12.9. The lowest BCUT2D eigenvalue weighted by molar-refractivity contribution is 0.262. The number of nitrogens with two attached hydrogens (primary N) is 1. The van der Waals surface area contributed by atoms with Gasteiger partial charge in [-0.3, -0.25) is 4.90 Å². The summed E-state index contributed by atoms with van der Waals surface area (Å²) in [7, 11) is 0. The summed E-state index contributed by atoms with van der Waals surface area (Å²) in [4.78, 5) is 2.38. The van der Waals surface area contributed by atoms with E-state index in [1.165, 1.54) is 5.56 Å². The Morgan fingerprint density at radius 1 is 1.00 bits per heavy atom. The zero-order valence-electron chi connectivity index (χ0n) is 12.9. The molecule has 2 rings (SSSR count). The summed E-state index contributed by atoms with van der Waals surface area (Å²) in [5.41, 5.74) is 9.17. The molecule has 0 aliphatic heterocycles. The Balaban J connectivity index is 2.12. The van der Waals surface area contributed by atoms with Gasteiger partial charge in [0.1, 0.15) is 5.75 Å². The van der Waals surface area contributed by atoms with E-state index in [9.17, 15) is 0 Å². The molecular formula is C18H24N2O. The summed E-state index contributed by atoms with van der Waals surface area (Å²) in [5, 5.41) is 0. The lowest BCUT2D eigenvalue weighted by atomic mass is 10.1. The molecule has 0 unspecified atom stereocenters.